The molecular formula is C16H22N2O. The summed E-state index contributed by atoms with van der Waals surface area (Å²) in [5.41, 5.74) is 3.41. The molecule has 19 heavy (non-hydrogen) atoms. The van der Waals surface area contributed by atoms with E-state index in [0.29, 0.717) is 0 Å². The third kappa shape index (κ3) is 2.87. The second-order valence-corrected chi connectivity index (χ2v) is 4.75. The summed E-state index contributed by atoms with van der Waals surface area (Å²) in [4.78, 5) is 4.65. The number of benzene rings is 1. The van der Waals surface area contributed by atoms with Gasteiger partial charge in [0.05, 0.1) is 5.69 Å². The largest absolute Gasteiger partial charge is 0.388 e. The van der Waals surface area contributed by atoms with Gasteiger partial charge in [-0.05, 0) is 12.8 Å². The Bertz CT molecular complexity index is 517. The Morgan fingerprint density at radius 2 is 1.84 bits per heavy atom. The van der Waals surface area contributed by atoms with Crippen LogP contribution in [0.2, 0.25) is 0 Å². The molecule has 0 aliphatic carbocycles. The highest BCUT2D eigenvalue weighted by Crippen LogP contribution is 2.25. The van der Waals surface area contributed by atoms with Crippen LogP contribution in [0.15, 0.2) is 30.3 Å². The van der Waals surface area contributed by atoms with Crippen molar-refractivity contribution in [3.05, 3.63) is 41.9 Å². The fraction of sp³-hybridized carbons (Fsp3) is 0.438. The fourth-order valence-corrected chi connectivity index (χ4v) is 2.46. The van der Waals surface area contributed by atoms with Gasteiger partial charge in [-0.1, -0.05) is 50.6 Å². The first kappa shape index (κ1) is 13.8. The third-order valence-corrected chi connectivity index (χ3v) is 3.27. The van der Waals surface area contributed by atoms with Crippen molar-refractivity contribution < 1.29 is 5.11 Å². The maximum atomic E-state index is 9.51. The van der Waals surface area contributed by atoms with E-state index in [0.717, 1.165) is 42.9 Å². The fourth-order valence-electron chi connectivity index (χ4n) is 2.46. The number of rotatable bonds is 6. The van der Waals surface area contributed by atoms with Crippen LogP contribution in [0.4, 0.5) is 0 Å². The molecule has 0 saturated heterocycles. The van der Waals surface area contributed by atoms with Gasteiger partial charge in [-0.3, -0.25) is 0 Å². The van der Waals surface area contributed by atoms with E-state index in [1.54, 1.807) is 0 Å². The van der Waals surface area contributed by atoms with Gasteiger partial charge < -0.3 is 9.67 Å². The lowest BCUT2D eigenvalue weighted by Crippen LogP contribution is -2.07. The van der Waals surface area contributed by atoms with Crippen LogP contribution in [0.25, 0.3) is 11.3 Å². The van der Waals surface area contributed by atoms with E-state index < -0.39 is 0 Å². The van der Waals surface area contributed by atoms with Crippen LogP contribution in [0.3, 0.4) is 0 Å². The molecule has 3 heteroatoms. The summed E-state index contributed by atoms with van der Waals surface area (Å²) in [6.07, 6.45) is 3.13. The zero-order valence-electron chi connectivity index (χ0n) is 11.8. The molecule has 0 aliphatic rings. The molecule has 1 N–H and O–H groups in total. The van der Waals surface area contributed by atoms with Crippen LogP contribution in [0, 0.1) is 0 Å². The normalized spacial score (nSPS) is 10.9. The number of aliphatic hydroxyl groups excluding tert-OH is 1. The molecule has 1 aromatic carbocycles. The van der Waals surface area contributed by atoms with Crippen molar-refractivity contribution in [2.24, 2.45) is 0 Å². The molecule has 0 aliphatic heterocycles. The first-order chi connectivity index (χ1) is 9.31. The van der Waals surface area contributed by atoms with Gasteiger partial charge in [0, 0.05) is 17.8 Å². The molecule has 0 amide bonds. The Hall–Kier alpha value is -1.61. The summed E-state index contributed by atoms with van der Waals surface area (Å²) in [6.45, 7) is 5.25. The maximum absolute atomic E-state index is 9.51. The third-order valence-electron chi connectivity index (χ3n) is 3.27. The SMILES string of the molecule is CCCc1c(-c2ccccc2)nc(CO)n1CCC. The Balaban J connectivity index is 2.53. The molecule has 2 aromatic rings. The average molecular weight is 258 g/mol. The van der Waals surface area contributed by atoms with Gasteiger partial charge in [-0.25, -0.2) is 4.98 Å². The minimum Gasteiger partial charge on any atom is -0.388 e. The molecule has 1 aromatic heterocycles. The van der Waals surface area contributed by atoms with Gasteiger partial charge in [0.2, 0.25) is 0 Å². The number of nitrogens with zero attached hydrogens (tertiary/aromatic N) is 2. The highest BCUT2D eigenvalue weighted by atomic mass is 16.3. The van der Waals surface area contributed by atoms with Crippen LogP contribution < -0.4 is 0 Å². The molecule has 3 nitrogen and oxygen atoms in total. The number of hydrogen-bond acceptors (Lipinski definition) is 2. The topological polar surface area (TPSA) is 38.1 Å². The zero-order chi connectivity index (χ0) is 13.7. The molecule has 0 bridgehead atoms. The van der Waals surface area contributed by atoms with Crippen molar-refractivity contribution in [1.82, 2.24) is 9.55 Å². The highest BCUT2D eigenvalue weighted by Gasteiger charge is 2.16. The Morgan fingerprint density at radius 1 is 1.11 bits per heavy atom. The van der Waals surface area contributed by atoms with Crippen molar-refractivity contribution in [2.75, 3.05) is 0 Å². The summed E-state index contributed by atoms with van der Waals surface area (Å²) in [5.74, 6) is 0.782. The Morgan fingerprint density at radius 3 is 2.42 bits per heavy atom. The number of aromatic nitrogens is 2. The lowest BCUT2D eigenvalue weighted by atomic mass is 10.1. The van der Waals surface area contributed by atoms with Gasteiger partial charge in [-0.15, -0.1) is 0 Å². The molecular weight excluding hydrogens is 236 g/mol. The lowest BCUT2D eigenvalue weighted by Gasteiger charge is -2.10. The maximum Gasteiger partial charge on any atom is 0.135 e. The quantitative estimate of drug-likeness (QED) is 0.862. The number of aliphatic hydroxyl groups is 1. The molecule has 0 fully saturated rings. The van der Waals surface area contributed by atoms with Crippen LogP contribution >= 0.6 is 0 Å². The van der Waals surface area contributed by atoms with Gasteiger partial charge >= 0.3 is 0 Å². The first-order valence-corrected chi connectivity index (χ1v) is 7.06. The van der Waals surface area contributed by atoms with Crippen molar-refractivity contribution in [3.63, 3.8) is 0 Å². The van der Waals surface area contributed by atoms with Crippen LogP contribution in [-0.4, -0.2) is 14.7 Å². The molecule has 0 saturated carbocycles. The summed E-state index contributed by atoms with van der Waals surface area (Å²) in [5, 5.41) is 9.51. The Labute approximate surface area is 114 Å². The smallest absolute Gasteiger partial charge is 0.135 e. The monoisotopic (exact) mass is 258 g/mol. The van der Waals surface area contributed by atoms with Crippen LogP contribution in [-0.2, 0) is 19.6 Å². The summed E-state index contributed by atoms with van der Waals surface area (Å²) < 4.78 is 2.19. The standard InChI is InChI=1S/C16H22N2O/c1-3-8-14-16(13-9-6-5-7-10-13)17-15(12-19)18(14)11-4-2/h5-7,9-10,19H,3-4,8,11-12H2,1-2H3. The Kier molecular flexibility index (Phi) is 4.74. The first-order valence-electron chi connectivity index (χ1n) is 7.06. The second kappa shape index (κ2) is 6.53. The highest BCUT2D eigenvalue weighted by molar-refractivity contribution is 5.62. The summed E-state index contributed by atoms with van der Waals surface area (Å²) >= 11 is 0. The minimum atomic E-state index is 0.00352. The lowest BCUT2D eigenvalue weighted by molar-refractivity contribution is 0.264. The predicted molar refractivity (Wildman–Crippen MR) is 77.9 cm³/mol. The average Bonchev–Trinajstić information content (AvgIpc) is 2.79. The van der Waals surface area contributed by atoms with Crippen LogP contribution in [0.5, 0.6) is 0 Å². The van der Waals surface area contributed by atoms with Crippen molar-refractivity contribution in [1.29, 1.82) is 0 Å². The van der Waals surface area contributed by atoms with Gasteiger partial charge in [0.1, 0.15) is 12.4 Å². The van der Waals surface area contributed by atoms with Gasteiger partial charge in [-0.2, -0.15) is 0 Å². The van der Waals surface area contributed by atoms with E-state index in [1.165, 1.54) is 5.69 Å². The number of hydrogen-bond donors (Lipinski definition) is 1. The van der Waals surface area contributed by atoms with E-state index in [-0.39, 0.29) is 6.61 Å². The van der Waals surface area contributed by atoms with Crippen molar-refractivity contribution in [2.45, 2.75) is 46.3 Å². The molecule has 0 atom stereocenters. The van der Waals surface area contributed by atoms with Gasteiger partial charge in [0.25, 0.3) is 0 Å². The van der Waals surface area contributed by atoms with E-state index in [1.807, 2.05) is 18.2 Å². The van der Waals surface area contributed by atoms with E-state index in [9.17, 15) is 5.11 Å². The zero-order valence-corrected chi connectivity index (χ0v) is 11.8. The van der Waals surface area contributed by atoms with Crippen molar-refractivity contribution >= 4 is 0 Å². The molecule has 0 spiro atoms. The van der Waals surface area contributed by atoms with E-state index in [4.69, 9.17) is 0 Å². The molecule has 2 rings (SSSR count). The van der Waals surface area contributed by atoms with Crippen LogP contribution in [0.1, 0.15) is 38.2 Å². The van der Waals surface area contributed by atoms with Crippen molar-refractivity contribution in [3.8, 4) is 11.3 Å². The second-order valence-electron chi connectivity index (χ2n) is 4.75. The summed E-state index contributed by atoms with van der Waals surface area (Å²) in [7, 11) is 0. The van der Waals surface area contributed by atoms with E-state index in [2.05, 4.69) is 35.5 Å². The molecule has 102 valence electrons. The van der Waals surface area contributed by atoms with Gasteiger partial charge in [0.15, 0.2) is 0 Å². The molecule has 0 unspecified atom stereocenters. The molecule has 1 heterocycles. The minimum absolute atomic E-state index is 0.00352. The molecule has 0 radical (unpaired) electrons. The summed E-state index contributed by atoms with van der Waals surface area (Å²) in [6, 6.07) is 10.2. The predicted octanol–water partition coefficient (Wildman–Crippen LogP) is 3.40. The van der Waals surface area contributed by atoms with E-state index >= 15 is 0 Å². The number of imidazole rings is 1.